The molecule has 0 heterocycles. The van der Waals surface area contributed by atoms with Gasteiger partial charge in [0.05, 0.1) is 0 Å². The van der Waals surface area contributed by atoms with Gasteiger partial charge in [-0.1, -0.05) is 0 Å². The van der Waals surface area contributed by atoms with Crippen molar-refractivity contribution in [3.05, 3.63) is 0 Å². The minimum absolute atomic E-state index is 1.37. The van der Waals surface area contributed by atoms with Gasteiger partial charge in [0.2, 0.25) is 0 Å². The molecule has 2 heteroatoms. The van der Waals surface area contributed by atoms with Crippen LogP contribution >= 0.6 is 26.3 Å². The van der Waals surface area contributed by atoms with Crippen molar-refractivity contribution in [3.8, 4) is 0 Å². The Hall–Kier alpha value is 1.16. The maximum absolute atomic E-state index is 3.22. The predicted octanol–water partition coefficient (Wildman–Crippen LogP) is 14.1. The molecule has 0 nitrogen and oxygen atoms in total. The van der Waals surface area contributed by atoms with Crippen LogP contribution in [0.5, 0.6) is 0 Å². The van der Waals surface area contributed by atoms with Gasteiger partial charge < -0.3 is 0 Å². The van der Waals surface area contributed by atoms with Crippen LogP contribution in [0.15, 0.2) is 0 Å². The van der Waals surface area contributed by atoms with E-state index in [1.165, 1.54) is 167 Å². The summed E-state index contributed by atoms with van der Waals surface area (Å²) in [5, 5.41) is 0. The van der Waals surface area contributed by atoms with Crippen LogP contribution in [-0.4, -0.2) is 24.6 Å². The van der Waals surface area contributed by atoms with Crippen molar-refractivity contribution in [3.63, 3.8) is 0 Å². The van der Waals surface area contributed by atoms with E-state index in [0.717, 1.165) is 0 Å². The number of hydrogen-bond acceptors (Lipinski definition) is 0. The number of rotatable bonds is 30. The first-order chi connectivity index (χ1) is 17.5. The third-order valence-corrected chi connectivity index (χ3v) is 20.3. The molecule has 0 aromatic heterocycles. The van der Waals surface area contributed by atoms with E-state index >= 15 is 0 Å². The molecule has 36 heavy (non-hydrogen) atoms. The van der Waals surface area contributed by atoms with Gasteiger partial charge in [-0.15, -0.1) is 0 Å². The van der Waals surface area contributed by atoms with Gasteiger partial charge in [0.15, 0.2) is 0 Å². The first kappa shape index (κ1) is 37.2. The standard InChI is InChI=1S/C34H72IP/c1-5-9-13-17-19-21-25-29-33-36(35,31-27-23-15-11-7-3,32-28-24-16-12-8-4)34-30-26-22-20-18-14-10-6-2/h5-34H2,1-4H3. The van der Waals surface area contributed by atoms with Crippen molar-refractivity contribution < 1.29 is 0 Å². The van der Waals surface area contributed by atoms with E-state index in [-0.39, 0.29) is 0 Å². The Morgan fingerprint density at radius 2 is 0.444 bits per heavy atom. The molecule has 0 aromatic carbocycles. The van der Waals surface area contributed by atoms with Gasteiger partial charge in [0, 0.05) is 0 Å². The summed E-state index contributed by atoms with van der Waals surface area (Å²) in [5.74, 6) is 0. The van der Waals surface area contributed by atoms with Crippen molar-refractivity contribution in [1.29, 1.82) is 0 Å². The van der Waals surface area contributed by atoms with Crippen LogP contribution in [0.1, 0.15) is 195 Å². The minimum atomic E-state index is -1.61. The summed E-state index contributed by atoms with van der Waals surface area (Å²) in [7, 11) is 0. The maximum atomic E-state index is 3.22. The average molecular weight is 639 g/mol. The second-order valence-corrected chi connectivity index (χ2v) is 26.1. The fraction of sp³-hybridized carbons (Fsp3) is 1.00. The van der Waals surface area contributed by atoms with Crippen LogP contribution in [0, 0.1) is 0 Å². The molecule has 0 bridgehead atoms. The van der Waals surface area contributed by atoms with E-state index in [1.54, 1.807) is 24.6 Å². The van der Waals surface area contributed by atoms with Crippen molar-refractivity contribution >= 4 is 26.3 Å². The molecule has 0 saturated heterocycles. The zero-order valence-corrected chi connectivity index (χ0v) is 29.1. The van der Waals surface area contributed by atoms with Crippen molar-refractivity contribution in [2.45, 2.75) is 195 Å². The zero-order chi connectivity index (χ0) is 26.7. The molecule has 0 unspecified atom stereocenters. The molecule has 0 saturated carbocycles. The van der Waals surface area contributed by atoms with Gasteiger partial charge >= 0.3 is 246 Å². The molecule has 0 N–H and O–H groups in total. The normalized spacial score (nSPS) is 13.2. The van der Waals surface area contributed by atoms with Crippen molar-refractivity contribution in [1.82, 2.24) is 0 Å². The second kappa shape index (κ2) is 26.4. The molecule has 0 aliphatic rings. The van der Waals surface area contributed by atoms with Gasteiger partial charge in [-0.05, 0) is 0 Å². The Labute approximate surface area is 244 Å². The summed E-state index contributed by atoms with van der Waals surface area (Å²) in [6.07, 6.45) is 44.8. The van der Waals surface area contributed by atoms with E-state index < -0.39 is 4.25 Å². The molecular weight excluding hydrogens is 566 g/mol. The first-order valence-electron chi connectivity index (χ1n) is 17.3. The topological polar surface area (TPSA) is 0 Å². The van der Waals surface area contributed by atoms with Crippen LogP contribution in [0.4, 0.5) is 0 Å². The molecule has 0 aromatic rings. The Morgan fingerprint density at radius 1 is 0.278 bits per heavy atom. The van der Waals surface area contributed by atoms with Crippen LogP contribution < -0.4 is 0 Å². The zero-order valence-electron chi connectivity index (χ0n) is 26.0. The van der Waals surface area contributed by atoms with Crippen LogP contribution in [0.3, 0.4) is 0 Å². The molecule has 0 amide bonds. The van der Waals surface area contributed by atoms with E-state index in [2.05, 4.69) is 49.7 Å². The fourth-order valence-electron chi connectivity index (χ4n) is 6.17. The summed E-state index contributed by atoms with van der Waals surface area (Å²) in [6.45, 7) is 9.39. The van der Waals surface area contributed by atoms with Gasteiger partial charge in [0.25, 0.3) is 0 Å². The van der Waals surface area contributed by atoms with E-state index in [1.807, 2.05) is 0 Å². The average Bonchev–Trinajstić information content (AvgIpc) is 2.87. The van der Waals surface area contributed by atoms with Gasteiger partial charge in [-0.2, -0.15) is 0 Å². The van der Waals surface area contributed by atoms with Gasteiger partial charge in [0.1, 0.15) is 0 Å². The molecule has 0 radical (unpaired) electrons. The molecule has 0 aliphatic heterocycles. The molecule has 0 fully saturated rings. The van der Waals surface area contributed by atoms with Crippen LogP contribution in [0.25, 0.3) is 0 Å². The quantitative estimate of drug-likeness (QED) is 0.0417. The summed E-state index contributed by atoms with van der Waals surface area (Å²) >= 11 is 3.22. The molecule has 0 spiro atoms. The number of halogens is 1. The van der Waals surface area contributed by atoms with Gasteiger partial charge in [-0.3, -0.25) is 0 Å². The SMILES string of the molecule is CCCCCCCCCCP(I)(CCCCCCC)(CCCCCCC)CCCCCCCCCC. The Kier molecular flexibility index (Phi) is 27.2. The Morgan fingerprint density at radius 3 is 0.639 bits per heavy atom. The van der Waals surface area contributed by atoms with Gasteiger partial charge in [-0.25, -0.2) is 0 Å². The predicted molar refractivity (Wildman–Crippen MR) is 183 cm³/mol. The first-order valence-corrected chi connectivity index (χ1v) is 23.0. The number of unbranched alkanes of at least 4 members (excludes halogenated alkanes) is 22. The van der Waals surface area contributed by atoms with Crippen LogP contribution in [0.2, 0.25) is 0 Å². The molecule has 0 atom stereocenters. The van der Waals surface area contributed by atoms with E-state index in [4.69, 9.17) is 0 Å². The van der Waals surface area contributed by atoms with Crippen LogP contribution in [-0.2, 0) is 0 Å². The third kappa shape index (κ3) is 22.0. The molecule has 0 aliphatic carbocycles. The summed E-state index contributed by atoms with van der Waals surface area (Å²) in [5.41, 5.74) is 0. The molecule has 220 valence electrons. The van der Waals surface area contributed by atoms with E-state index in [9.17, 15) is 0 Å². The molecular formula is C34H72IP. The Bertz CT molecular complexity index is 397. The number of hydrogen-bond donors (Lipinski definition) is 0. The second-order valence-electron chi connectivity index (χ2n) is 12.5. The monoisotopic (exact) mass is 638 g/mol. The summed E-state index contributed by atoms with van der Waals surface area (Å²) < 4.78 is -1.61. The molecule has 0 rings (SSSR count). The van der Waals surface area contributed by atoms with Crippen molar-refractivity contribution in [2.75, 3.05) is 24.6 Å². The van der Waals surface area contributed by atoms with E-state index in [0.29, 0.717) is 0 Å². The third-order valence-electron chi connectivity index (χ3n) is 8.78. The Balaban J connectivity index is 4.92. The summed E-state index contributed by atoms with van der Waals surface area (Å²) in [4.78, 5) is 0. The fourth-order valence-corrected chi connectivity index (χ4v) is 15.7. The van der Waals surface area contributed by atoms with Crippen molar-refractivity contribution in [2.24, 2.45) is 0 Å². The summed E-state index contributed by atoms with van der Waals surface area (Å²) in [6, 6.07) is 0.